The van der Waals surface area contributed by atoms with Crippen LogP contribution in [0.25, 0.3) is 0 Å². The normalized spacial score (nSPS) is 26.7. The van der Waals surface area contributed by atoms with Crippen LogP contribution >= 0.6 is 11.8 Å². The summed E-state index contributed by atoms with van der Waals surface area (Å²) in [5, 5.41) is 11.5. The molecular weight excluding hydrogens is 200 g/mol. The molecule has 3 N–H and O–H groups in total. The average molecular weight is 214 g/mol. The van der Waals surface area contributed by atoms with Crippen molar-refractivity contribution in [3.63, 3.8) is 0 Å². The van der Waals surface area contributed by atoms with E-state index in [-0.39, 0.29) is 0 Å². The largest absolute Gasteiger partial charge is 0.407 e. The van der Waals surface area contributed by atoms with Crippen LogP contribution in [0.2, 0.25) is 0 Å². The SMILES string of the molecule is CC1SCCC1Nc1nnc(CN)o1. The van der Waals surface area contributed by atoms with Crippen LogP contribution in [-0.2, 0) is 6.54 Å². The number of anilines is 1. The lowest BCUT2D eigenvalue weighted by molar-refractivity contribution is 0.499. The number of nitrogens with two attached hydrogens (primary N) is 1. The number of aromatic nitrogens is 2. The average Bonchev–Trinajstić information content (AvgIpc) is 2.77. The van der Waals surface area contributed by atoms with Crippen LogP contribution in [0.5, 0.6) is 0 Å². The van der Waals surface area contributed by atoms with Crippen LogP contribution in [0.4, 0.5) is 6.01 Å². The first kappa shape index (κ1) is 9.79. The van der Waals surface area contributed by atoms with E-state index >= 15 is 0 Å². The fourth-order valence-electron chi connectivity index (χ4n) is 1.47. The standard InChI is InChI=1S/C8H14N4OS/c1-5-6(2-3-14-5)10-8-12-11-7(4-9)13-8/h5-6H,2-4,9H2,1H3,(H,10,12). The number of hydrogen-bond donors (Lipinski definition) is 2. The maximum atomic E-state index is 5.37. The molecule has 5 nitrogen and oxygen atoms in total. The Kier molecular flexibility index (Phi) is 2.93. The highest BCUT2D eigenvalue weighted by atomic mass is 32.2. The van der Waals surface area contributed by atoms with E-state index in [0.29, 0.717) is 29.7 Å². The molecule has 0 amide bonds. The van der Waals surface area contributed by atoms with Crippen molar-refractivity contribution in [2.24, 2.45) is 5.73 Å². The molecule has 2 atom stereocenters. The molecule has 0 bridgehead atoms. The molecule has 1 fully saturated rings. The van der Waals surface area contributed by atoms with Crippen molar-refractivity contribution < 1.29 is 4.42 Å². The summed E-state index contributed by atoms with van der Waals surface area (Å²) >= 11 is 1.96. The summed E-state index contributed by atoms with van der Waals surface area (Å²) in [6.07, 6.45) is 1.15. The third-order valence-electron chi connectivity index (χ3n) is 2.33. The highest BCUT2D eigenvalue weighted by molar-refractivity contribution is 8.00. The van der Waals surface area contributed by atoms with Crippen molar-refractivity contribution in [1.82, 2.24) is 10.2 Å². The quantitative estimate of drug-likeness (QED) is 0.776. The van der Waals surface area contributed by atoms with Gasteiger partial charge in [-0.3, -0.25) is 0 Å². The molecule has 0 saturated carbocycles. The van der Waals surface area contributed by atoms with Crippen molar-refractivity contribution in [3.8, 4) is 0 Å². The summed E-state index contributed by atoms with van der Waals surface area (Å²) in [6, 6.07) is 0.927. The van der Waals surface area contributed by atoms with Gasteiger partial charge in [-0.1, -0.05) is 12.0 Å². The summed E-state index contributed by atoms with van der Waals surface area (Å²) in [6.45, 7) is 2.50. The van der Waals surface area contributed by atoms with Gasteiger partial charge in [0.1, 0.15) is 0 Å². The molecule has 1 aliphatic heterocycles. The van der Waals surface area contributed by atoms with Crippen LogP contribution < -0.4 is 11.1 Å². The van der Waals surface area contributed by atoms with Crippen molar-refractivity contribution in [2.75, 3.05) is 11.1 Å². The molecule has 1 aromatic rings. The minimum Gasteiger partial charge on any atom is -0.407 e. The van der Waals surface area contributed by atoms with Gasteiger partial charge in [-0.2, -0.15) is 11.8 Å². The van der Waals surface area contributed by atoms with E-state index in [4.69, 9.17) is 10.2 Å². The molecule has 1 aliphatic rings. The summed E-state index contributed by atoms with van der Waals surface area (Å²) in [4.78, 5) is 0. The zero-order valence-electron chi connectivity index (χ0n) is 8.06. The first-order valence-electron chi connectivity index (χ1n) is 4.70. The Morgan fingerprint density at radius 3 is 3.07 bits per heavy atom. The first-order chi connectivity index (χ1) is 6.79. The van der Waals surface area contributed by atoms with Crippen molar-refractivity contribution in [3.05, 3.63) is 5.89 Å². The van der Waals surface area contributed by atoms with Crippen LogP contribution in [0, 0.1) is 0 Å². The molecule has 2 unspecified atom stereocenters. The lowest BCUT2D eigenvalue weighted by Gasteiger charge is -2.13. The molecule has 6 heteroatoms. The predicted octanol–water partition coefficient (Wildman–Crippen LogP) is 0.834. The molecule has 2 heterocycles. The van der Waals surface area contributed by atoms with Crippen molar-refractivity contribution >= 4 is 17.8 Å². The molecule has 1 saturated heterocycles. The molecule has 0 spiro atoms. The maximum absolute atomic E-state index is 5.37. The smallest absolute Gasteiger partial charge is 0.315 e. The van der Waals surface area contributed by atoms with E-state index in [0.717, 1.165) is 6.42 Å². The van der Waals surface area contributed by atoms with E-state index in [9.17, 15) is 0 Å². The van der Waals surface area contributed by atoms with Crippen LogP contribution in [-0.4, -0.2) is 27.2 Å². The van der Waals surface area contributed by atoms with Gasteiger partial charge in [-0.05, 0) is 12.2 Å². The van der Waals surface area contributed by atoms with E-state index in [1.165, 1.54) is 5.75 Å². The van der Waals surface area contributed by atoms with Gasteiger partial charge in [0.15, 0.2) is 0 Å². The van der Waals surface area contributed by atoms with Gasteiger partial charge >= 0.3 is 6.01 Å². The summed E-state index contributed by atoms with van der Waals surface area (Å²) < 4.78 is 5.28. The van der Waals surface area contributed by atoms with Crippen LogP contribution in [0.3, 0.4) is 0 Å². The van der Waals surface area contributed by atoms with E-state index in [2.05, 4.69) is 22.4 Å². The van der Waals surface area contributed by atoms with Gasteiger partial charge < -0.3 is 15.5 Å². The van der Waals surface area contributed by atoms with Gasteiger partial charge in [0.25, 0.3) is 0 Å². The van der Waals surface area contributed by atoms with Gasteiger partial charge in [-0.15, -0.1) is 5.10 Å². The number of hydrogen-bond acceptors (Lipinski definition) is 6. The van der Waals surface area contributed by atoms with E-state index < -0.39 is 0 Å². The third-order valence-corrected chi connectivity index (χ3v) is 3.65. The Balaban J connectivity index is 1.96. The monoisotopic (exact) mass is 214 g/mol. The second kappa shape index (κ2) is 4.18. The Hall–Kier alpha value is -0.750. The molecule has 0 aliphatic carbocycles. The molecule has 1 aromatic heterocycles. The van der Waals surface area contributed by atoms with Crippen molar-refractivity contribution in [2.45, 2.75) is 31.2 Å². The minimum atomic E-state index is 0.295. The fourth-order valence-corrected chi connectivity index (χ4v) is 2.67. The second-order valence-electron chi connectivity index (χ2n) is 3.32. The van der Waals surface area contributed by atoms with E-state index in [1.54, 1.807) is 0 Å². The van der Waals surface area contributed by atoms with Gasteiger partial charge in [0.05, 0.1) is 6.54 Å². The Morgan fingerprint density at radius 2 is 2.50 bits per heavy atom. The summed E-state index contributed by atoms with van der Waals surface area (Å²) in [7, 11) is 0. The number of thioether (sulfide) groups is 1. The number of rotatable bonds is 3. The molecule has 2 rings (SSSR count). The van der Waals surface area contributed by atoms with Crippen molar-refractivity contribution in [1.29, 1.82) is 0 Å². The van der Waals surface area contributed by atoms with Crippen LogP contribution in [0.15, 0.2) is 4.42 Å². The van der Waals surface area contributed by atoms with Gasteiger partial charge in [0.2, 0.25) is 5.89 Å². The lowest BCUT2D eigenvalue weighted by atomic mass is 10.2. The van der Waals surface area contributed by atoms with E-state index in [1.807, 2.05) is 11.8 Å². The summed E-state index contributed by atoms with van der Waals surface area (Å²) in [5.41, 5.74) is 5.37. The summed E-state index contributed by atoms with van der Waals surface area (Å²) in [5.74, 6) is 1.67. The molecular formula is C8H14N4OS. The predicted molar refractivity (Wildman–Crippen MR) is 56.1 cm³/mol. The second-order valence-corrected chi connectivity index (χ2v) is 4.81. The Bertz CT molecular complexity index is 303. The Morgan fingerprint density at radius 1 is 1.64 bits per heavy atom. The first-order valence-corrected chi connectivity index (χ1v) is 5.75. The zero-order chi connectivity index (χ0) is 9.97. The minimum absolute atomic E-state index is 0.295. The third kappa shape index (κ3) is 2.01. The topological polar surface area (TPSA) is 77.0 Å². The number of nitrogens with zero attached hydrogens (tertiary/aromatic N) is 2. The fraction of sp³-hybridized carbons (Fsp3) is 0.750. The number of nitrogens with one attached hydrogen (secondary N) is 1. The highest BCUT2D eigenvalue weighted by Gasteiger charge is 2.25. The van der Waals surface area contributed by atoms with Crippen LogP contribution in [0.1, 0.15) is 19.2 Å². The Labute approximate surface area is 86.8 Å². The lowest BCUT2D eigenvalue weighted by Crippen LogP contribution is -2.24. The highest BCUT2D eigenvalue weighted by Crippen LogP contribution is 2.28. The molecule has 0 aromatic carbocycles. The molecule has 14 heavy (non-hydrogen) atoms. The van der Waals surface area contributed by atoms with Gasteiger partial charge in [0, 0.05) is 11.3 Å². The zero-order valence-corrected chi connectivity index (χ0v) is 8.88. The van der Waals surface area contributed by atoms with Gasteiger partial charge in [-0.25, -0.2) is 0 Å². The molecule has 78 valence electrons. The maximum Gasteiger partial charge on any atom is 0.315 e. The molecule has 0 radical (unpaired) electrons.